The first-order valence-electron chi connectivity index (χ1n) is 5.28. The molecule has 2 heteroatoms. The van der Waals surface area contributed by atoms with Crippen molar-refractivity contribution in [3.05, 3.63) is 0 Å². The van der Waals surface area contributed by atoms with E-state index in [1.807, 2.05) is 0 Å². The molecule has 0 saturated carbocycles. The summed E-state index contributed by atoms with van der Waals surface area (Å²) in [6, 6.07) is 0.833. The summed E-state index contributed by atoms with van der Waals surface area (Å²) in [5.74, 6) is 0. The van der Waals surface area contributed by atoms with E-state index in [1.165, 1.54) is 39.1 Å². The Morgan fingerprint density at radius 2 is 1.92 bits per heavy atom. The Kier molecular flexibility index (Phi) is 4.02. The third-order valence-electron chi connectivity index (χ3n) is 2.84. The summed E-state index contributed by atoms with van der Waals surface area (Å²) in [5, 5.41) is 0. The maximum atomic E-state index is 2.59. The van der Waals surface area contributed by atoms with Crippen molar-refractivity contribution in [3.8, 4) is 0 Å². The predicted molar refractivity (Wildman–Crippen MR) is 53.2 cm³/mol. The number of likely N-dealkylation sites (N-methyl/N-ethyl adjacent to an activating group) is 2. The molecule has 2 nitrogen and oxygen atoms in total. The van der Waals surface area contributed by atoms with Crippen molar-refractivity contribution in [3.63, 3.8) is 0 Å². The van der Waals surface area contributed by atoms with Crippen LogP contribution in [0.5, 0.6) is 0 Å². The Hall–Kier alpha value is -0.0800. The molecule has 0 spiro atoms. The lowest BCUT2D eigenvalue weighted by Crippen LogP contribution is -2.30. The van der Waals surface area contributed by atoms with Crippen LogP contribution in [0.1, 0.15) is 33.6 Å². The lowest BCUT2D eigenvalue weighted by atomic mass is 10.1. The summed E-state index contributed by atoms with van der Waals surface area (Å²) in [7, 11) is 0. The molecule has 12 heavy (non-hydrogen) atoms. The monoisotopic (exact) mass is 170 g/mol. The topological polar surface area (TPSA) is 6.48 Å². The quantitative estimate of drug-likeness (QED) is 0.634. The molecule has 0 aromatic rings. The highest BCUT2D eigenvalue weighted by Gasteiger charge is 2.26. The molecule has 72 valence electrons. The van der Waals surface area contributed by atoms with Gasteiger partial charge in [-0.3, -0.25) is 9.80 Å². The second kappa shape index (κ2) is 4.83. The molecule has 1 aliphatic rings. The van der Waals surface area contributed by atoms with Crippen LogP contribution in [0.2, 0.25) is 0 Å². The third kappa shape index (κ3) is 2.20. The van der Waals surface area contributed by atoms with Gasteiger partial charge >= 0.3 is 0 Å². The van der Waals surface area contributed by atoms with Crippen LogP contribution < -0.4 is 0 Å². The molecule has 1 atom stereocenters. The first-order chi connectivity index (χ1) is 5.81. The molecule has 1 unspecified atom stereocenters. The van der Waals surface area contributed by atoms with E-state index in [9.17, 15) is 0 Å². The van der Waals surface area contributed by atoms with Crippen molar-refractivity contribution in [2.45, 2.75) is 39.7 Å². The van der Waals surface area contributed by atoms with Crippen molar-refractivity contribution in [2.75, 3.05) is 26.3 Å². The number of hydrogen-bond acceptors (Lipinski definition) is 2. The van der Waals surface area contributed by atoms with Crippen molar-refractivity contribution in [2.24, 2.45) is 0 Å². The van der Waals surface area contributed by atoms with Gasteiger partial charge in [-0.2, -0.15) is 0 Å². The van der Waals surface area contributed by atoms with Crippen molar-refractivity contribution < 1.29 is 0 Å². The maximum absolute atomic E-state index is 2.59. The molecule has 0 N–H and O–H groups in total. The Labute approximate surface area is 76.5 Å². The van der Waals surface area contributed by atoms with E-state index >= 15 is 0 Å². The van der Waals surface area contributed by atoms with Crippen LogP contribution in [0, 0.1) is 0 Å². The Bertz CT molecular complexity index is 125. The summed E-state index contributed by atoms with van der Waals surface area (Å²) in [6.45, 7) is 11.7. The molecule has 1 saturated heterocycles. The Morgan fingerprint density at radius 3 is 2.42 bits per heavy atom. The lowest BCUT2D eigenvalue weighted by Gasteiger charge is -2.20. The summed E-state index contributed by atoms with van der Waals surface area (Å²) in [6.07, 6.45) is 2.68. The molecule has 0 bridgehead atoms. The lowest BCUT2D eigenvalue weighted by molar-refractivity contribution is 0.230. The number of nitrogens with zero attached hydrogens (tertiary/aromatic N) is 2. The maximum Gasteiger partial charge on any atom is 0.0509 e. The molecule has 1 heterocycles. The minimum Gasteiger partial charge on any atom is -0.289 e. The van der Waals surface area contributed by atoms with Crippen molar-refractivity contribution >= 4 is 0 Å². The van der Waals surface area contributed by atoms with Crippen LogP contribution in [0.25, 0.3) is 0 Å². The van der Waals surface area contributed by atoms with Crippen LogP contribution in [0.4, 0.5) is 0 Å². The molecule has 0 radical (unpaired) electrons. The molecule has 0 aromatic heterocycles. The molecular weight excluding hydrogens is 148 g/mol. The zero-order valence-electron chi connectivity index (χ0n) is 8.71. The van der Waals surface area contributed by atoms with Gasteiger partial charge in [0.2, 0.25) is 0 Å². The fraction of sp³-hybridized carbons (Fsp3) is 1.00. The van der Waals surface area contributed by atoms with Gasteiger partial charge in [0.15, 0.2) is 0 Å². The Morgan fingerprint density at radius 1 is 1.17 bits per heavy atom. The van der Waals surface area contributed by atoms with Gasteiger partial charge in [-0.15, -0.1) is 0 Å². The summed E-state index contributed by atoms with van der Waals surface area (Å²) in [4.78, 5) is 5.12. The van der Waals surface area contributed by atoms with Crippen LogP contribution >= 0.6 is 0 Å². The fourth-order valence-corrected chi connectivity index (χ4v) is 2.04. The molecule has 0 aromatic carbocycles. The van der Waals surface area contributed by atoms with Crippen LogP contribution in [0.15, 0.2) is 0 Å². The number of rotatable bonds is 4. The van der Waals surface area contributed by atoms with Gasteiger partial charge in [0.25, 0.3) is 0 Å². The van der Waals surface area contributed by atoms with Crippen LogP contribution in [-0.4, -0.2) is 42.1 Å². The van der Waals surface area contributed by atoms with E-state index in [0.717, 1.165) is 6.04 Å². The first-order valence-corrected chi connectivity index (χ1v) is 5.28. The average molecular weight is 170 g/mol. The molecule has 1 fully saturated rings. The zero-order valence-corrected chi connectivity index (χ0v) is 8.71. The summed E-state index contributed by atoms with van der Waals surface area (Å²) < 4.78 is 0. The smallest absolute Gasteiger partial charge is 0.0509 e. The van der Waals surface area contributed by atoms with E-state index in [1.54, 1.807) is 0 Å². The normalized spacial score (nSPS) is 26.8. The Balaban J connectivity index is 2.39. The first kappa shape index (κ1) is 10.0. The minimum atomic E-state index is 0.833. The zero-order chi connectivity index (χ0) is 8.97. The van der Waals surface area contributed by atoms with Gasteiger partial charge in [0.05, 0.1) is 6.67 Å². The van der Waals surface area contributed by atoms with Gasteiger partial charge in [0.1, 0.15) is 0 Å². The van der Waals surface area contributed by atoms with E-state index in [0.29, 0.717) is 0 Å². The summed E-state index contributed by atoms with van der Waals surface area (Å²) >= 11 is 0. The number of hydrogen-bond donors (Lipinski definition) is 0. The van der Waals surface area contributed by atoms with Crippen molar-refractivity contribution in [1.82, 2.24) is 9.80 Å². The molecule has 0 aliphatic carbocycles. The predicted octanol–water partition coefficient (Wildman–Crippen LogP) is 1.77. The minimum absolute atomic E-state index is 0.833. The molecule has 1 aliphatic heterocycles. The van der Waals surface area contributed by atoms with Crippen molar-refractivity contribution in [1.29, 1.82) is 0 Å². The fourth-order valence-electron chi connectivity index (χ4n) is 2.04. The SMILES string of the molecule is CCCC1CN(CC)CN1CC. The molecule has 1 rings (SSSR count). The van der Waals surface area contributed by atoms with Crippen LogP contribution in [-0.2, 0) is 0 Å². The third-order valence-corrected chi connectivity index (χ3v) is 2.84. The highest BCUT2D eigenvalue weighted by molar-refractivity contribution is 4.80. The van der Waals surface area contributed by atoms with E-state index in [4.69, 9.17) is 0 Å². The largest absolute Gasteiger partial charge is 0.289 e. The van der Waals surface area contributed by atoms with Gasteiger partial charge in [-0.05, 0) is 19.5 Å². The van der Waals surface area contributed by atoms with E-state index in [2.05, 4.69) is 30.6 Å². The second-order valence-electron chi connectivity index (χ2n) is 3.66. The van der Waals surface area contributed by atoms with Gasteiger partial charge < -0.3 is 0 Å². The highest BCUT2D eigenvalue weighted by Crippen LogP contribution is 2.16. The van der Waals surface area contributed by atoms with E-state index < -0.39 is 0 Å². The average Bonchev–Trinajstić information content (AvgIpc) is 2.48. The molecule has 0 amide bonds. The van der Waals surface area contributed by atoms with E-state index in [-0.39, 0.29) is 0 Å². The van der Waals surface area contributed by atoms with Gasteiger partial charge in [-0.1, -0.05) is 27.2 Å². The van der Waals surface area contributed by atoms with Gasteiger partial charge in [0, 0.05) is 12.6 Å². The van der Waals surface area contributed by atoms with Crippen LogP contribution in [0.3, 0.4) is 0 Å². The second-order valence-corrected chi connectivity index (χ2v) is 3.66. The highest BCUT2D eigenvalue weighted by atomic mass is 15.4. The molecular formula is C10H22N2. The summed E-state index contributed by atoms with van der Waals surface area (Å²) in [5.41, 5.74) is 0. The standard InChI is InChI=1S/C10H22N2/c1-4-7-10-8-11(5-2)9-12(10)6-3/h10H,4-9H2,1-3H3. The van der Waals surface area contributed by atoms with Gasteiger partial charge in [-0.25, -0.2) is 0 Å².